The van der Waals surface area contributed by atoms with E-state index < -0.39 is 0 Å². The predicted molar refractivity (Wildman–Crippen MR) is 145 cm³/mol. The molecule has 2 aromatic carbocycles. The maximum absolute atomic E-state index is 11.9. The zero-order valence-electron chi connectivity index (χ0n) is 21.7. The lowest BCUT2D eigenvalue weighted by atomic mass is 10.0. The third kappa shape index (κ3) is 5.00. The fourth-order valence-corrected chi connectivity index (χ4v) is 4.69. The summed E-state index contributed by atoms with van der Waals surface area (Å²) in [6, 6.07) is 11.5. The number of furan rings is 1. The third-order valence-corrected chi connectivity index (χ3v) is 6.73. The molecule has 1 amide bonds. The number of piperidine rings is 1. The van der Waals surface area contributed by atoms with Crippen molar-refractivity contribution in [1.82, 2.24) is 14.9 Å². The van der Waals surface area contributed by atoms with Crippen molar-refractivity contribution in [3.63, 3.8) is 0 Å². The van der Waals surface area contributed by atoms with E-state index in [1.165, 1.54) is 12.4 Å². The van der Waals surface area contributed by atoms with Gasteiger partial charge in [0, 0.05) is 42.9 Å². The van der Waals surface area contributed by atoms with Gasteiger partial charge in [0.25, 0.3) is 0 Å². The Morgan fingerprint density at radius 1 is 1.11 bits per heavy atom. The molecule has 0 radical (unpaired) electrons. The van der Waals surface area contributed by atoms with Gasteiger partial charge in [-0.15, -0.1) is 0 Å². The molecule has 1 aliphatic heterocycles. The van der Waals surface area contributed by atoms with Gasteiger partial charge in [-0.05, 0) is 48.9 Å². The fourth-order valence-electron chi connectivity index (χ4n) is 4.69. The van der Waals surface area contributed by atoms with E-state index >= 15 is 0 Å². The molecule has 1 aliphatic rings. The Labute approximate surface area is 221 Å². The largest absolute Gasteiger partial charge is 0.495 e. The monoisotopic (exact) mass is 514 g/mol. The van der Waals surface area contributed by atoms with Gasteiger partial charge in [-0.3, -0.25) is 4.79 Å². The van der Waals surface area contributed by atoms with Gasteiger partial charge in [-0.2, -0.15) is 0 Å². The Morgan fingerprint density at radius 3 is 2.58 bits per heavy atom. The number of aromatic nitrogens is 2. The molecule has 5 rings (SSSR count). The highest BCUT2D eigenvalue weighted by Gasteiger charge is 2.24. The van der Waals surface area contributed by atoms with Crippen molar-refractivity contribution in [2.75, 3.05) is 32.6 Å². The minimum Gasteiger partial charge on any atom is -0.495 e. The number of anilines is 2. The number of rotatable bonds is 8. The Balaban J connectivity index is 1.47. The molecule has 1 saturated heterocycles. The molecule has 0 bridgehead atoms. The molecule has 0 atom stereocenters. The summed E-state index contributed by atoms with van der Waals surface area (Å²) < 4.78 is 23.3. The first-order chi connectivity index (χ1) is 18.5. The lowest BCUT2D eigenvalue weighted by Crippen LogP contribution is -2.41. The molecule has 3 heterocycles. The first-order valence-corrected chi connectivity index (χ1v) is 12.4. The van der Waals surface area contributed by atoms with Crippen molar-refractivity contribution in [3.05, 3.63) is 67.2 Å². The van der Waals surface area contributed by atoms with E-state index in [0.29, 0.717) is 54.5 Å². The summed E-state index contributed by atoms with van der Waals surface area (Å²) in [4.78, 5) is 22.7. The SMILES string of the molecule is C=CC(=O)N1CCC(Oc2cc3c(Nc4cc(-c5ccco5)c(C)cc4OC)ncnc3cc2OC)CC1. The number of hydrogen-bond acceptors (Lipinski definition) is 8. The zero-order chi connectivity index (χ0) is 26.6. The quantitative estimate of drug-likeness (QED) is 0.307. The molecular weight excluding hydrogens is 484 g/mol. The van der Waals surface area contributed by atoms with Crippen LogP contribution in [0, 0.1) is 6.92 Å². The number of ether oxygens (including phenoxy) is 3. The predicted octanol–water partition coefficient (Wildman–Crippen LogP) is 5.51. The Hall–Kier alpha value is -4.53. The van der Waals surface area contributed by atoms with Crippen LogP contribution < -0.4 is 19.5 Å². The Kier molecular flexibility index (Phi) is 7.17. The van der Waals surface area contributed by atoms with Gasteiger partial charge in [-0.25, -0.2) is 9.97 Å². The molecule has 1 fully saturated rings. The third-order valence-electron chi connectivity index (χ3n) is 6.73. The van der Waals surface area contributed by atoms with Crippen LogP contribution in [-0.2, 0) is 4.79 Å². The van der Waals surface area contributed by atoms with Crippen LogP contribution in [0.1, 0.15) is 18.4 Å². The molecule has 4 aromatic rings. The molecule has 0 aliphatic carbocycles. The summed E-state index contributed by atoms with van der Waals surface area (Å²) >= 11 is 0. The number of nitrogens with zero attached hydrogens (tertiary/aromatic N) is 3. The number of aryl methyl sites for hydroxylation is 1. The normalized spacial score (nSPS) is 13.8. The van der Waals surface area contributed by atoms with Crippen LogP contribution >= 0.6 is 0 Å². The number of carbonyl (C=O) groups is 1. The highest BCUT2D eigenvalue weighted by molar-refractivity contribution is 5.94. The van der Waals surface area contributed by atoms with E-state index in [9.17, 15) is 4.79 Å². The minimum absolute atomic E-state index is 0.0516. The second-order valence-electron chi connectivity index (χ2n) is 9.06. The molecule has 1 N–H and O–H groups in total. The lowest BCUT2D eigenvalue weighted by Gasteiger charge is -2.31. The molecule has 196 valence electrons. The summed E-state index contributed by atoms with van der Waals surface area (Å²) in [5.74, 6) is 3.17. The number of likely N-dealkylation sites (tertiary alicyclic amines) is 1. The maximum Gasteiger partial charge on any atom is 0.245 e. The number of carbonyl (C=O) groups excluding carboxylic acids is 1. The van der Waals surface area contributed by atoms with Crippen LogP contribution in [0.15, 0.2) is 66.1 Å². The summed E-state index contributed by atoms with van der Waals surface area (Å²) in [5.41, 5.74) is 3.41. The smallest absolute Gasteiger partial charge is 0.245 e. The van der Waals surface area contributed by atoms with Crippen molar-refractivity contribution in [3.8, 4) is 28.6 Å². The van der Waals surface area contributed by atoms with Crippen LogP contribution in [0.2, 0.25) is 0 Å². The van der Waals surface area contributed by atoms with Gasteiger partial charge >= 0.3 is 0 Å². The van der Waals surface area contributed by atoms with E-state index in [4.69, 9.17) is 18.6 Å². The Bertz CT molecular complexity index is 1460. The van der Waals surface area contributed by atoms with Crippen LogP contribution in [-0.4, -0.2) is 54.2 Å². The fraction of sp³-hybridized carbons (Fsp3) is 0.276. The average Bonchev–Trinajstić information content (AvgIpc) is 3.48. The molecule has 0 unspecified atom stereocenters. The standard InChI is InChI=1S/C29H30N4O5/c1-5-28(34)33-10-8-19(9-11-33)38-27-15-21-22(16-26(27)36-4)30-17-31-29(21)32-23-14-20(24-7-6-12-37-24)18(2)13-25(23)35-3/h5-7,12-17,19H,1,8-11H2,2-4H3,(H,30,31,32). The highest BCUT2D eigenvalue weighted by atomic mass is 16.5. The molecule has 9 nitrogen and oxygen atoms in total. The van der Waals surface area contributed by atoms with E-state index in [1.54, 1.807) is 25.4 Å². The van der Waals surface area contributed by atoms with Gasteiger partial charge < -0.3 is 28.8 Å². The average molecular weight is 515 g/mol. The van der Waals surface area contributed by atoms with Gasteiger partial charge in [0.2, 0.25) is 5.91 Å². The molecule has 9 heteroatoms. The molecule has 2 aromatic heterocycles. The summed E-state index contributed by atoms with van der Waals surface area (Å²) in [7, 11) is 3.24. The van der Waals surface area contributed by atoms with E-state index in [-0.39, 0.29) is 12.0 Å². The number of methoxy groups -OCH3 is 2. The van der Waals surface area contributed by atoms with Crippen molar-refractivity contribution in [1.29, 1.82) is 0 Å². The number of fused-ring (bicyclic) bond motifs is 1. The van der Waals surface area contributed by atoms with E-state index in [1.807, 2.05) is 43.3 Å². The topological polar surface area (TPSA) is 99.0 Å². The molecule has 0 saturated carbocycles. The van der Waals surface area contributed by atoms with Crippen LogP contribution in [0.4, 0.5) is 11.5 Å². The first kappa shape index (κ1) is 25.1. The number of nitrogens with one attached hydrogen (secondary N) is 1. The van der Waals surface area contributed by atoms with Crippen molar-refractivity contribution >= 4 is 28.3 Å². The summed E-state index contributed by atoms with van der Waals surface area (Å²) in [6.45, 7) is 6.82. The van der Waals surface area contributed by atoms with Crippen LogP contribution in [0.3, 0.4) is 0 Å². The summed E-state index contributed by atoms with van der Waals surface area (Å²) in [5, 5.41) is 4.19. The number of benzene rings is 2. The maximum atomic E-state index is 11.9. The first-order valence-electron chi connectivity index (χ1n) is 12.4. The van der Waals surface area contributed by atoms with Crippen molar-refractivity contribution in [2.24, 2.45) is 0 Å². The molecule has 38 heavy (non-hydrogen) atoms. The van der Waals surface area contributed by atoms with E-state index in [0.717, 1.165) is 28.0 Å². The molecule has 0 spiro atoms. The minimum atomic E-state index is -0.0543. The van der Waals surface area contributed by atoms with Crippen LogP contribution in [0.25, 0.3) is 22.2 Å². The van der Waals surface area contributed by atoms with Gasteiger partial charge in [0.05, 0.1) is 31.7 Å². The van der Waals surface area contributed by atoms with Gasteiger partial charge in [0.1, 0.15) is 29.8 Å². The Morgan fingerprint density at radius 2 is 1.89 bits per heavy atom. The molecular formula is C29H30N4O5. The second-order valence-corrected chi connectivity index (χ2v) is 9.06. The van der Waals surface area contributed by atoms with Gasteiger partial charge in [0.15, 0.2) is 11.5 Å². The van der Waals surface area contributed by atoms with Crippen molar-refractivity contribution in [2.45, 2.75) is 25.9 Å². The second kappa shape index (κ2) is 10.8. The highest BCUT2D eigenvalue weighted by Crippen LogP contribution is 2.39. The van der Waals surface area contributed by atoms with E-state index in [2.05, 4.69) is 21.9 Å². The van der Waals surface area contributed by atoms with Gasteiger partial charge in [-0.1, -0.05) is 6.58 Å². The summed E-state index contributed by atoms with van der Waals surface area (Å²) in [6.07, 6.45) is 5.89. The van der Waals surface area contributed by atoms with Crippen LogP contribution in [0.5, 0.6) is 17.2 Å². The zero-order valence-corrected chi connectivity index (χ0v) is 21.7. The lowest BCUT2D eigenvalue weighted by molar-refractivity contribution is -0.127. The number of amides is 1. The number of hydrogen-bond donors (Lipinski definition) is 1. The van der Waals surface area contributed by atoms with Crippen molar-refractivity contribution < 1.29 is 23.4 Å².